The molecule has 0 aromatic heterocycles. The number of rotatable bonds is 2. The van der Waals surface area contributed by atoms with Crippen LogP contribution < -0.4 is 5.32 Å². The molecule has 0 saturated carbocycles. The first-order valence-corrected chi connectivity index (χ1v) is 6.85. The van der Waals surface area contributed by atoms with E-state index in [9.17, 15) is 13.6 Å². The summed E-state index contributed by atoms with van der Waals surface area (Å²) in [6, 6.07) is 0. The Labute approximate surface area is 111 Å². The first-order chi connectivity index (χ1) is 8.80. The van der Waals surface area contributed by atoms with Crippen LogP contribution >= 0.6 is 0 Å². The van der Waals surface area contributed by atoms with Gasteiger partial charge < -0.3 is 10.1 Å². The lowest BCUT2D eigenvalue weighted by Gasteiger charge is -2.36. The number of ether oxygens (including phenoxy) is 1. The average Bonchev–Trinajstić information content (AvgIpc) is 2.89. The summed E-state index contributed by atoms with van der Waals surface area (Å²) in [4.78, 5) is 13.2. The van der Waals surface area contributed by atoms with Gasteiger partial charge in [0.2, 0.25) is 0 Å². The third-order valence-corrected chi connectivity index (χ3v) is 5.00. The Morgan fingerprint density at radius 1 is 1.42 bits per heavy atom. The molecule has 0 aromatic carbocycles. The van der Waals surface area contributed by atoms with Crippen LogP contribution in [0.1, 0.15) is 20.3 Å². The second-order valence-corrected chi connectivity index (χ2v) is 6.52. The van der Waals surface area contributed by atoms with Gasteiger partial charge in [-0.25, -0.2) is 4.79 Å². The number of hydrogen-bond donors (Lipinski definition) is 1. The van der Waals surface area contributed by atoms with E-state index in [0.717, 1.165) is 19.6 Å². The van der Waals surface area contributed by atoms with Crippen LogP contribution in [0.3, 0.4) is 0 Å². The van der Waals surface area contributed by atoms with Crippen molar-refractivity contribution >= 4 is 5.97 Å². The molecule has 0 aliphatic carbocycles. The molecule has 3 fully saturated rings. The number of alkyl halides is 2. The molecule has 0 amide bonds. The van der Waals surface area contributed by atoms with Crippen molar-refractivity contribution in [3.05, 3.63) is 0 Å². The predicted octanol–water partition coefficient (Wildman–Crippen LogP) is 0.867. The molecule has 3 aliphatic heterocycles. The molecule has 19 heavy (non-hydrogen) atoms. The highest BCUT2D eigenvalue weighted by atomic mass is 19.3. The van der Waals surface area contributed by atoms with E-state index < -0.39 is 24.4 Å². The molecule has 0 aromatic rings. The first kappa shape index (κ1) is 13.2. The normalized spacial score (nSPS) is 40.4. The molecule has 3 rings (SSSR count). The van der Waals surface area contributed by atoms with Crippen molar-refractivity contribution in [2.45, 2.75) is 37.8 Å². The van der Waals surface area contributed by atoms with Crippen LogP contribution in [0.5, 0.6) is 0 Å². The van der Waals surface area contributed by atoms with Crippen molar-refractivity contribution in [3.8, 4) is 0 Å². The number of carbonyl (C=O) groups is 1. The van der Waals surface area contributed by atoms with Crippen molar-refractivity contribution < 1.29 is 18.3 Å². The summed E-state index contributed by atoms with van der Waals surface area (Å²) in [6.07, 6.45) is -1.15. The molecule has 0 spiro atoms. The smallest absolute Gasteiger partial charge is 0.377 e. The fraction of sp³-hybridized carbons (Fsp3) is 0.923. The van der Waals surface area contributed by atoms with Gasteiger partial charge in [0.05, 0.1) is 6.42 Å². The molecule has 3 unspecified atom stereocenters. The van der Waals surface area contributed by atoms with Crippen LogP contribution in [0, 0.1) is 11.8 Å². The average molecular weight is 274 g/mol. The Bertz CT molecular complexity index is 400. The molecular weight excluding hydrogens is 254 g/mol. The first-order valence-electron chi connectivity index (χ1n) is 6.85. The van der Waals surface area contributed by atoms with Crippen LogP contribution in [-0.2, 0) is 9.53 Å². The van der Waals surface area contributed by atoms with Gasteiger partial charge in [0, 0.05) is 25.2 Å². The van der Waals surface area contributed by atoms with Gasteiger partial charge in [-0.3, -0.25) is 4.90 Å². The molecule has 6 heteroatoms. The summed E-state index contributed by atoms with van der Waals surface area (Å²) in [7, 11) is 0. The molecular formula is C13H20F2N2O2. The highest BCUT2D eigenvalue weighted by Gasteiger charge is 2.54. The number of hydrogen-bond acceptors (Lipinski definition) is 4. The summed E-state index contributed by atoms with van der Waals surface area (Å²) < 4.78 is 31.2. The molecule has 3 saturated heterocycles. The zero-order valence-corrected chi connectivity index (χ0v) is 11.3. The molecule has 0 radical (unpaired) electrons. The zero-order valence-electron chi connectivity index (χ0n) is 11.3. The molecule has 3 aliphatic rings. The number of esters is 1. The minimum Gasteiger partial charge on any atom is -0.456 e. The lowest BCUT2D eigenvalue weighted by atomic mass is 9.85. The summed E-state index contributed by atoms with van der Waals surface area (Å²) >= 11 is 0. The number of halogens is 2. The Kier molecular flexibility index (Phi) is 2.87. The van der Waals surface area contributed by atoms with Gasteiger partial charge in [-0.2, -0.15) is 8.78 Å². The van der Waals surface area contributed by atoms with E-state index in [0.29, 0.717) is 18.4 Å². The quantitative estimate of drug-likeness (QED) is 0.759. The number of nitrogens with one attached hydrogen (secondary N) is 1. The summed E-state index contributed by atoms with van der Waals surface area (Å²) in [6.45, 7) is 7.59. The van der Waals surface area contributed by atoms with Crippen molar-refractivity contribution in [1.29, 1.82) is 0 Å². The van der Waals surface area contributed by atoms with E-state index in [4.69, 9.17) is 4.74 Å². The van der Waals surface area contributed by atoms with Gasteiger partial charge in [-0.05, 0) is 32.2 Å². The standard InChI is InChI=1S/C13H20F2N2O2/c1-12(2)10-5-16-4-8(10)6-17(12)7-9-3-13(14,15)11(18)19-9/h8-10,16H,3-7H2,1-2H3. The maximum absolute atomic E-state index is 13.2. The predicted molar refractivity (Wildman–Crippen MR) is 64.9 cm³/mol. The van der Waals surface area contributed by atoms with Gasteiger partial charge in [0.25, 0.3) is 0 Å². The lowest BCUT2D eigenvalue weighted by molar-refractivity contribution is -0.159. The van der Waals surface area contributed by atoms with E-state index in [-0.39, 0.29) is 5.54 Å². The van der Waals surface area contributed by atoms with Crippen molar-refractivity contribution in [3.63, 3.8) is 0 Å². The molecule has 4 nitrogen and oxygen atoms in total. The highest BCUT2D eigenvalue weighted by Crippen LogP contribution is 2.41. The van der Waals surface area contributed by atoms with Crippen molar-refractivity contribution in [2.24, 2.45) is 11.8 Å². The maximum Gasteiger partial charge on any atom is 0.377 e. The van der Waals surface area contributed by atoms with Gasteiger partial charge in [0.1, 0.15) is 6.10 Å². The van der Waals surface area contributed by atoms with E-state index in [2.05, 4.69) is 24.1 Å². The Hall–Kier alpha value is -0.750. The monoisotopic (exact) mass is 274 g/mol. The van der Waals surface area contributed by atoms with Gasteiger partial charge in [-0.1, -0.05) is 0 Å². The van der Waals surface area contributed by atoms with E-state index in [1.54, 1.807) is 0 Å². The second-order valence-electron chi connectivity index (χ2n) is 6.52. The number of carbonyl (C=O) groups excluding carboxylic acids is 1. The Morgan fingerprint density at radius 2 is 2.16 bits per heavy atom. The van der Waals surface area contributed by atoms with Crippen LogP contribution in [0.4, 0.5) is 8.78 Å². The highest BCUT2D eigenvalue weighted by molar-refractivity contribution is 5.79. The summed E-state index contributed by atoms with van der Waals surface area (Å²) in [5, 5.41) is 3.38. The number of likely N-dealkylation sites (tertiary alicyclic amines) is 1. The fourth-order valence-electron chi connectivity index (χ4n) is 3.81. The third-order valence-electron chi connectivity index (χ3n) is 5.00. The molecule has 0 bridgehead atoms. The third kappa shape index (κ3) is 2.05. The minimum absolute atomic E-state index is 0.0293. The molecule has 108 valence electrons. The number of nitrogens with zero attached hydrogens (tertiary/aromatic N) is 1. The summed E-state index contributed by atoms with van der Waals surface area (Å²) in [5.41, 5.74) is -0.0293. The van der Waals surface area contributed by atoms with Gasteiger partial charge >= 0.3 is 11.9 Å². The van der Waals surface area contributed by atoms with Crippen LogP contribution in [-0.4, -0.2) is 54.6 Å². The van der Waals surface area contributed by atoms with E-state index >= 15 is 0 Å². The Morgan fingerprint density at radius 3 is 2.74 bits per heavy atom. The zero-order chi connectivity index (χ0) is 13.8. The topological polar surface area (TPSA) is 41.6 Å². The SMILES string of the molecule is CC1(C)C2CNCC2CN1CC1CC(F)(F)C(=O)O1. The lowest BCUT2D eigenvalue weighted by Crippen LogP contribution is -2.47. The molecule has 3 atom stereocenters. The number of fused-ring (bicyclic) bond motifs is 1. The van der Waals surface area contributed by atoms with Gasteiger partial charge in [-0.15, -0.1) is 0 Å². The largest absolute Gasteiger partial charge is 0.456 e. The van der Waals surface area contributed by atoms with Crippen LogP contribution in [0.25, 0.3) is 0 Å². The van der Waals surface area contributed by atoms with E-state index in [1.165, 1.54) is 0 Å². The Balaban J connectivity index is 1.67. The maximum atomic E-state index is 13.2. The van der Waals surface area contributed by atoms with E-state index in [1.807, 2.05) is 0 Å². The summed E-state index contributed by atoms with van der Waals surface area (Å²) in [5.74, 6) is -3.54. The van der Waals surface area contributed by atoms with Crippen LogP contribution in [0.15, 0.2) is 0 Å². The van der Waals surface area contributed by atoms with Crippen molar-refractivity contribution in [2.75, 3.05) is 26.2 Å². The second kappa shape index (κ2) is 4.12. The molecule has 3 heterocycles. The van der Waals surface area contributed by atoms with Crippen molar-refractivity contribution in [1.82, 2.24) is 10.2 Å². The van der Waals surface area contributed by atoms with Crippen LogP contribution in [0.2, 0.25) is 0 Å². The fourth-order valence-corrected chi connectivity index (χ4v) is 3.81. The minimum atomic E-state index is -3.30. The van der Waals surface area contributed by atoms with Gasteiger partial charge in [0.15, 0.2) is 0 Å². The number of cyclic esters (lactones) is 1. The molecule has 1 N–H and O–H groups in total.